The molecule has 1 fully saturated rings. The van der Waals surface area contributed by atoms with E-state index in [4.69, 9.17) is 0 Å². The van der Waals surface area contributed by atoms with Crippen LogP contribution in [-0.4, -0.2) is 47.6 Å². The number of piperazine rings is 1. The first-order valence-electron chi connectivity index (χ1n) is 8.28. The number of hydrogen-bond acceptors (Lipinski definition) is 6. The molecule has 6 heteroatoms. The summed E-state index contributed by atoms with van der Waals surface area (Å²) >= 11 is 0. The van der Waals surface area contributed by atoms with Crippen LogP contribution in [0.2, 0.25) is 0 Å². The summed E-state index contributed by atoms with van der Waals surface area (Å²) in [6.45, 7) is 9.18. The van der Waals surface area contributed by atoms with Crippen molar-refractivity contribution in [3.63, 3.8) is 0 Å². The number of nitriles is 1. The number of para-hydroxylation sites is 1. The predicted molar refractivity (Wildman–Crippen MR) is 95.5 cm³/mol. The van der Waals surface area contributed by atoms with Crippen LogP contribution in [-0.2, 0) is 0 Å². The summed E-state index contributed by atoms with van der Waals surface area (Å²) in [7, 11) is 0. The number of hydrogen-bond donors (Lipinski definition) is 1. The summed E-state index contributed by atoms with van der Waals surface area (Å²) in [6, 6.07) is 11.5. The molecule has 0 saturated carbocycles. The van der Waals surface area contributed by atoms with Gasteiger partial charge in [-0.2, -0.15) is 10.2 Å². The lowest BCUT2D eigenvalue weighted by Gasteiger charge is -2.34. The van der Waals surface area contributed by atoms with Gasteiger partial charge in [0.2, 0.25) is 5.95 Å². The van der Waals surface area contributed by atoms with E-state index in [0.29, 0.717) is 5.56 Å². The first-order chi connectivity index (χ1) is 11.7. The summed E-state index contributed by atoms with van der Waals surface area (Å²) in [6.07, 6.45) is 0. The van der Waals surface area contributed by atoms with Crippen LogP contribution >= 0.6 is 0 Å². The predicted octanol–water partition coefficient (Wildman–Crippen LogP) is 2.54. The fourth-order valence-electron chi connectivity index (χ4n) is 2.85. The van der Waals surface area contributed by atoms with Crippen molar-refractivity contribution in [2.24, 2.45) is 0 Å². The molecule has 6 nitrogen and oxygen atoms in total. The van der Waals surface area contributed by atoms with E-state index >= 15 is 0 Å². The fourth-order valence-corrected chi connectivity index (χ4v) is 2.85. The average molecular weight is 322 g/mol. The van der Waals surface area contributed by atoms with Crippen LogP contribution in [0.5, 0.6) is 0 Å². The summed E-state index contributed by atoms with van der Waals surface area (Å²) in [5.41, 5.74) is 2.28. The molecule has 3 rings (SSSR count). The highest BCUT2D eigenvalue weighted by atomic mass is 15.3. The van der Waals surface area contributed by atoms with Crippen LogP contribution in [0.4, 0.5) is 17.5 Å². The van der Waals surface area contributed by atoms with Crippen molar-refractivity contribution >= 4 is 17.5 Å². The topological polar surface area (TPSA) is 68.1 Å². The number of aromatic nitrogens is 2. The fraction of sp³-hybridized carbons (Fsp3) is 0.389. The second-order valence-electron chi connectivity index (χ2n) is 5.90. The van der Waals surface area contributed by atoms with Crippen molar-refractivity contribution in [2.45, 2.75) is 13.8 Å². The van der Waals surface area contributed by atoms with E-state index in [2.05, 4.69) is 38.1 Å². The van der Waals surface area contributed by atoms with E-state index in [1.165, 1.54) is 0 Å². The first kappa shape index (κ1) is 16.2. The molecule has 1 saturated heterocycles. The van der Waals surface area contributed by atoms with Gasteiger partial charge in [0, 0.05) is 37.9 Å². The van der Waals surface area contributed by atoms with Crippen molar-refractivity contribution in [1.29, 1.82) is 5.26 Å². The highest BCUT2D eigenvalue weighted by Gasteiger charge is 2.18. The minimum atomic E-state index is 0.604. The largest absolute Gasteiger partial charge is 0.339 e. The molecule has 2 aromatic rings. The van der Waals surface area contributed by atoms with Crippen molar-refractivity contribution in [2.75, 3.05) is 42.9 Å². The molecule has 124 valence electrons. The second-order valence-corrected chi connectivity index (χ2v) is 5.90. The Hall–Kier alpha value is -2.65. The van der Waals surface area contributed by atoms with E-state index in [0.717, 1.165) is 55.9 Å². The van der Waals surface area contributed by atoms with Crippen LogP contribution in [0.1, 0.15) is 18.2 Å². The van der Waals surface area contributed by atoms with Gasteiger partial charge in [-0.15, -0.1) is 0 Å². The molecule has 0 radical (unpaired) electrons. The molecule has 0 amide bonds. The van der Waals surface area contributed by atoms with Gasteiger partial charge in [-0.1, -0.05) is 19.1 Å². The zero-order chi connectivity index (χ0) is 16.9. The Morgan fingerprint density at radius 3 is 2.62 bits per heavy atom. The molecule has 0 unspecified atom stereocenters. The maximum absolute atomic E-state index is 9.22. The van der Waals surface area contributed by atoms with Gasteiger partial charge in [0.05, 0.1) is 11.3 Å². The second kappa shape index (κ2) is 7.28. The molecule has 0 atom stereocenters. The van der Waals surface area contributed by atoms with Gasteiger partial charge in [-0.25, -0.2) is 4.98 Å². The van der Waals surface area contributed by atoms with Crippen molar-refractivity contribution in [3.05, 3.63) is 41.6 Å². The molecular weight excluding hydrogens is 300 g/mol. The monoisotopic (exact) mass is 322 g/mol. The van der Waals surface area contributed by atoms with Gasteiger partial charge in [0.1, 0.15) is 11.9 Å². The normalized spacial score (nSPS) is 15.1. The number of likely N-dealkylation sites (N-methyl/N-ethyl adjacent to an activating group) is 1. The number of nitrogens with zero attached hydrogens (tertiary/aromatic N) is 5. The Morgan fingerprint density at radius 2 is 1.92 bits per heavy atom. The number of rotatable bonds is 4. The van der Waals surface area contributed by atoms with Crippen LogP contribution in [0, 0.1) is 18.3 Å². The molecular formula is C18H22N6. The van der Waals surface area contributed by atoms with Crippen molar-refractivity contribution in [1.82, 2.24) is 14.9 Å². The van der Waals surface area contributed by atoms with Gasteiger partial charge in [-0.05, 0) is 25.6 Å². The van der Waals surface area contributed by atoms with Crippen molar-refractivity contribution in [3.8, 4) is 6.07 Å². The third kappa shape index (κ3) is 3.63. The van der Waals surface area contributed by atoms with Crippen LogP contribution in [0.3, 0.4) is 0 Å². The Kier molecular flexibility index (Phi) is 4.92. The lowest BCUT2D eigenvalue weighted by Crippen LogP contribution is -2.46. The smallest absolute Gasteiger partial charge is 0.227 e. The zero-order valence-corrected chi connectivity index (χ0v) is 14.2. The molecule has 1 aromatic heterocycles. The van der Waals surface area contributed by atoms with Crippen molar-refractivity contribution < 1.29 is 0 Å². The number of anilines is 3. The summed E-state index contributed by atoms with van der Waals surface area (Å²) in [4.78, 5) is 13.9. The van der Waals surface area contributed by atoms with Crippen LogP contribution in [0.15, 0.2) is 30.3 Å². The molecule has 1 N–H and O–H groups in total. The maximum Gasteiger partial charge on any atom is 0.227 e. The molecule has 0 aliphatic carbocycles. The van der Waals surface area contributed by atoms with Gasteiger partial charge in [0.15, 0.2) is 0 Å². The number of aryl methyl sites for hydroxylation is 1. The molecule has 24 heavy (non-hydrogen) atoms. The highest BCUT2D eigenvalue weighted by molar-refractivity contribution is 5.65. The van der Waals surface area contributed by atoms with Gasteiger partial charge >= 0.3 is 0 Å². The lowest BCUT2D eigenvalue weighted by atomic mass is 10.2. The highest BCUT2D eigenvalue weighted by Crippen LogP contribution is 2.21. The minimum Gasteiger partial charge on any atom is -0.339 e. The van der Waals surface area contributed by atoms with E-state index in [1.54, 1.807) is 6.07 Å². The maximum atomic E-state index is 9.22. The molecule has 1 aromatic carbocycles. The average Bonchev–Trinajstić information content (AvgIpc) is 2.62. The van der Waals surface area contributed by atoms with E-state index in [9.17, 15) is 5.26 Å². The Morgan fingerprint density at radius 1 is 1.17 bits per heavy atom. The summed E-state index contributed by atoms with van der Waals surface area (Å²) < 4.78 is 0. The van der Waals surface area contributed by atoms with E-state index in [1.807, 2.05) is 31.2 Å². The number of benzene rings is 1. The summed E-state index contributed by atoms with van der Waals surface area (Å²) in [5.74, 6) is 1.47. The van der Waals surface area contributed by atoms with E-state index in [-0.39, 0.29) is 0 Å². The molecule has 1 aliphatic rings. The van der Waals surface area contributed by atoms with Gasteiger partial charge in [0.25, 0.3) is 0 Å². The van der Waals surface area contributed by atoms with Gasteiger partial charge < -0.3 is 15.1 Å². The third-order valence-electron chi connectivity index (χ3n) is 4.26. The van der Waals surface area contributed by atoms with Crippen LogP contribution in [0.25, 0.3) is 0 Å². The van der Waals surface area contributed by atoms with Gasteiger partial charge in [-0.3, -0.25) is 0 Å². The minimum absolute atomic E-state index is 0.604. The van der Waals surface area contributed by atoms with E-state index < -0.39 is 0 Å². The molecule has 0 bridgehead atoms. The SMILES string of the molecule is CCN1CCN(c2nc(C)cc(Nc3ccccc3C#N)n2)CC1. The summed E-state index contributed by atoms with van der Waals surface area (Å²) in [5, 5.41) is 12.5. The Balaban J connectivity index is 1.81. The first-order valence-corrected chi connectivity index (χ1v) is 8.28. The zero-order valence-electron chi connectivity index (χ0n) is 14.2. The number of nitrogens with one attached hydrogen (secondary N) is 1. The quantitative estimate of drug-likeness (QED) is 0.933. The molecule has 1 aliphatic heterocycles. The lowest BCUT2D eigenvalue weighted by molar-refractivity contribution is 0.270. The Bertz CT molecular complexity index is 743. The molecule has 2 heterocycles. The standard InChI is InChI=1S/C18H22N6/c1-3-23-8-10-24(11-9-23)18-20-14(2)12-17(22-18)21-16-7-5-4-6-15(16)13-19/h4-7,12H,3,8-11H2,1-2H3,(H,20,21,22). The third-order valence-corrected chi connectivity index (χ3v) is 4.26. The molecule has 0 spiro atoms. The Labute approximate surface area is 142 Å². The van der Waals surface area contributed by atoms with Crippen LogP contribution < -0.4 is 10.2 Å².